The van der Waals surface area contributed by atoms with Crippen LogP contribution in [-0.4, -0.2) is 24.1 Å². The van der Waals surface area contributed by atoms with E-state index in [2.05, 4.69) is 27.7 Å². The minimum absolute atomic E-state index is 0.0366. The first-order valence-electron chi connectivity index (χ1n) is 10.7. The zero-order valence-corrected chi connectivity index (χ0v) is 18.5. The Kier molecular flexibility index (Phi) is 5.07. The monoisotopic (exact) mass is 423 g/mol. The average molecular weight is 424 g/mol. The third-order valence-corrected chi connectivity index (χ3v) is 6.18. The zero-order valence-electron chi connectivity index (χ0n) is 18.5. The molecule has 4 rings (SSSR count). The van der Waals surface area contributed by atoms with Gasteiger partial charge in [0.15, 0.2) is 18.2 Å². The molecule has 0 spiro atoms. The molecule has 0 bridgehead atoms. The van der Waals surface area contributed by atoms with Gasteiger partial charge in [0.2, 0.25) is 0 Å². The maximum absolute atomic E-state index is 13.2. The van der Waals surface area contributed by atoms with Gasteiger partial charge in [0, 0.05) is 42.7 Å². The molecule has 31 heavy (non-hydrogen) atoms. The first kappa shape index (κ1) is 21.3. The highest BCUT2D eigenvalue weighted by molar-refractivity contribution is 6.06. The number of carbonyl (C=O) groups excluding carboxylic acids is 3. The van der Waals surface area contributed by atoms with Crippen molar-refractivity contribution in [2.24, 2.45) is 16.6 Å². The second-order valence-corrected chi connectivity index (χ2v) is 10.4. The number of benzene rings is 1. The average Bonchev–Trinajstić information content (AvgIpc) is 2.63. The molecule has 0 radical (unpaired) electrons. The van der Waals surface area contributed by atoms with Gasteiger partial charge in [-0.2, -0.15) is 0 Å². The Morgan fingerprint density at radius 3 is 1.87 bits per heavy atom. The van der Waals surface area contributed by atoms with Gasteiger partial charge in [-0.05, 0) is 28.5 Å². The Morgan fingerprint density at radius 2 is 1.42 bits per heavy atom. The van der Waals surface area contributed by atoms with E-state index in [-0.39, 0.29) is 29.0 Å². The highest BCUT2D eigenvalue weighted by atomic mass is 16.5. The summed E-state index contributed by atoms with van der Waals surface area (Å²) in [5.41, 5.74) is 6.84. The van der Waals surface area contributed by atoms with Gasteiger partial charge in [0.25, 0.3) is 5.91 Å². The third kappa shape index (κ3) is 4.16. The van der Waals surface area contributed by atoms with E-state index in [0.717, 1.165) is 5.56 Å². The Labute approximate surface area is 182 Å². The fourth-order valence-corrected chi connectivity index (χ4v) is 4.92. The summed E-state index contributed by atoms with van der Waals surface area (Å²) in [4.78, 5) is 37.4. The number of amides is 1. The quantitative estimate of drug-likeness (QED) is 0.791. The van der Waals surface area contributed by atoms with Gasteiger partial charge in [-0.3, -0.25) is 14.4 Å². The van der Waals surface area contributed by atoms with Crippen LogP contribution in [0.25, 0.3) is 0 Å². The van der Waals surface area contributed by atoms with E-state index in [1.54, 1.807) is 12.1 Å². The normalized spacial score (nSPS) is 22.6. The number of rotatable bonds is 4. The lowest BCUT2D eigenvalue weighted by Crippen LogP contribution is -2.37. The van der Waals surface area contributed by atoms with Crippen LogP contribution in [0, 0.1) is 10.8 Å². The summed E-state index contributed by atoms with van der Waals surface area (Å²) in [5.74, 6) is 0.989. The van der Waals surface area contributed by atoms with Crippen LogP contribution in [0.15, 0.2) is 46.9 Å². The molecule has 6 nitrogen and oxygen atoms in total. The molecular formula is C25H29NO5. The van der Waals surface area contributed by atoms with Crippen LogP contribution in [0.5, 0.6) is 5.75 Å². The van der Waals surface area contributed by atoms with E-state index in [1.807, 2.05) is 12.1 Å². The van der Waals surface area contributed by atoms with Crippen molar-refractivity contribution >= 4 is 17.5 Å². The second-order valence-electron chi connectivity index (χ2n) is 10.4. The van der Waals surface area contributed by atoms with Gasteiger partial charge >= 0.3 is 0 Å². The van der Waals surface area contributed by atoms with E-state index in [1.165, 1.54) is 0 Å². The molecule has 2 aliphatic carbocycles. The Hall–Kier alpha value is -2.89. The number of allylic oxidation sites excluding steroid dienone is 4. The maximum atomic E-state index is 13.2. The van der Waals surface area contributed by atoms with Crippen LogP contribution in [0.1, 0.15) is 64.9 Å². The maximum Gasteiger partial charge on any atom is 0.255 e. The lowest BCUT2D eigenvalue weighted by molar-refractivity contribution is -0.121. The van der Waals surface area contributed by atoms with Crippen molar-refractivity contribution in [3.63, 3.8) is 0 Å². The van der Waals surface area contributed by atoms with Gasteiger partial charge in [0.1, 0.15) is 17.3 Å². The SMILES string of the molecule is CC1(C)CC(=O)C2=C(C1)OC1=C(C(=O)CC(C)(C)C1)C2c1ccc(OCC(N)=O)cc1. The van der Waals surface area contributed by atoms with Crippen LogP contribution in [0.2, 0.25) is 0 Å². The van der Waals surface area contributed by atoms with E-state index < -0.39 is 11.8 Å². The Balaban J connectivity index is 1.79. The summed E-state index contributed by atoms with van der Waals surface area (Å²) in [6, 6.07) is 7.18. The molecule has 1 amide bonds. The molecule has 0 fully saturated rings. The summed E-state index contributed by atoms with van der Waals surface area (Å²) in [6.45, 7) is 8.06. The lowest BCUT2D eigenvalue weighted by atomic mass is 9.65. The largest absolute Gasteiger partial charge is 0.484 e. The molecule has 0 saturated carbocycles. The first-order valence-corrected chi connectivity index (χ1v) is 10.7. The van der Waals surface area contributed by atoms with Crippen LogP contribution >= 0.6 is 0 Å². The molecule has 0 saturated heterocycles. The smallest absolute Gasteiger partial charge is 0.255 e. The van der Waals surface area contributed by atoms with E-state index in [0.29, 0.717) is 54.1 Å². The van der Waals surface area contributed by atoms with Crippen LogP contribution in [0.4, 0.5) is 0 Å². The molecular weight excluding hydrogens is 394 g/mol. The zero-order chi connectivity index (χ0) is 22.6. The van der Waals surface area contributed by atoms with Crippen molar-refractivity contribution in [3.8, 4) is 5.75 Å². The van der Waals surface area contributed by atoms with Crippen LogP contribution in [0.3, 0.4) is 0 Å². The summed E-state index contributed by atoms with van der Waals surface area (Å²) >= 11 is 0. The Bertz CT molecular complexity index is 974. The van der Waals surface area contributed by atoms with Crippen molar-refractivity contribution in [1.82, 2.24) is 0 Å². The number of ketones is 2. The fourth-order valence-electron chi connectivity index (χ4n) is 4.92. The summed E-state index contributed by atoms with van der Waals surface area (Å²) in [6.07, 6.45) is 2.17. The standard InChI is InChI=1S/C25H29NO5/c1-24(2)9-16(27)22-18(11-24)31-19-12-25(3,4)10-17(28)23(19)21(22)14-5-7-15(8-6-14)30-13-20(26)29/h5-8,21H,9-13H2,1-4H3,(H2,26,29). The number of nitrogens with two attached hydrogens (primary N) is 1. The van der Waals surface area contributed by atoms with Gasteiger partial charge in [-0.1, -0.05) is 39.8 Å². The first-order chi connectivity index (χ1) is 14.5. The van der Waals surface area contributed by atoms with Gasteiger partial charge in [0.05, 0.1) is 0 Å². The van der Waals surface area contributed by atoms with Crippen molar-refractivity contribution in [2.45, 2.75) is 59.3 Å². The molecule has 1 aliphatic heterocycles. The summed E-state index contributed by atoms with van der Waals surface area (Å²) < 4.78 is 11.7. The molecule has 2 N–H and O–H groups in total. The predicted molar refractivity (Wildman–Crippen MR) is 115 cm³/mol. The topological polar surface area (TPSA) is 95.7 Å². The number of hydrogen-bond acceptors (Lipinski definition) is 5. The van der Waals surface area contributed by atoms with Crippen molar-refractivity contribution in [1.29, 1.82) is 0 Å². The molecule has 164 valence electrons. The van der Waals surface area contributed by atoms with Crippen molar-refractivity contribution in [2.75, 3.05) is 6.61 Å². The summed E-state index contributed by atoms with van der Waals surface area (Å²) in [5, 5.41) is 0. The molecule has 0 atom stereocenters. The third-order valence-electron chi connectivity index (χ3n) is 6.18. The fraction of sp³-hybridized carbons (Fsp3) is 0.480. The molecule has 6 heteroatoms. The number of hydrogen-bond donors (Lipinski definition) is 1. The van der Waals surface area contributed by atoms with Gasteiger partial charge in [-0.25, -0.2) is 0 Å². The number of carbonyl (C=O) groups is 3. The van der Waals surface area contributed by atoms with E-state index in [9.17, 15) is 14.4 Å². The van der Waals surface area contributed by atoms with E-state index in [4.69, 9.17) is 15.2 Å². The van der Waals surface area contributed by atoms with Crippen molar-refractivity contribution < 1.29 is 23.9 Å². The highest BCUT2D eigenvalue weighted by Gasteiger charge is 2.47. The molecule has 0 unspecified atom stereocenters. The molecule has 0 aromatic heterocycles. The van der Waals surface area contributed by atoms with Gasteiger partial charge < -0.3 is 15.2 Å². The molecule has 1 aromatic carbocycles. The van der Waals surface area contributed by atoms with Crippen LogP contribution in [-0.2, 0) is 19.1 Å². The highest BCUT2D eigenvalue weighted by Crippen LogP contribution is 2.53. The number of ether oxygens (including phenoxy) is 2. The number of Topliss-reactive ketones (excluding diaryl/α,β-unsaturated/α-hetero) is 2. The second kappa shape index (κ2) is 7.36. The molecule has 3 aliphatic rings. The number of primary amides is 1. The van der Waals surface area contributed by atoms with Crippen LogP contribution < -0.4 is 10.5 Å². The minimum atomic E-state index is -0.552. The van der Waals surface area contributed by atoms with E-state index >= 15 is 0 Å². The lowest BCUT2D eigenvalue weighted by Gasteiger charge is -2.42. The molecule has 1 heterocycles. The minimum Gasteiger partial charge on any atom is -0.484 e. The Morgan fingerprint density at radius 1 is 0.935 bits per heavy atom. The predicted octanol–water partition coefficient (Wildman–Crippen LogP) is 3.95. The van der Waals surface area contributed by atoms with Gasteiger partial charge in [-0.15, -0.1) is 0 Å². The summed E-state index contributed by atoms with van der Waals surface area (Å²) in [7, 11) is 0. The molecule has 1 aromatic rings. The van der Waals surface area contributed by atoms with Crippen molar-refractivity contribution in [3.05, 3.63) is 52.5 Å².